The maximum absolute atomic E-state index is 13.4. The first-order chi connectivity index (χ1) is 8.95. The summed E-state index contributed by atoms with van der Waals surface area (Å²) in [4.78, 5) is 25.1. The van der Waals surface area contributed by atoms with Gasteiger partial charge in [-0.05, 0) is 12.3 Å². The molecule has 0 aliphatic carbocycles. The number of alkyl halides is 1. The lowest BCUT2D eigenvalue weighted by Gasteiger charge is -2.29. The van der Waals surface area contributed by atoms with E-state index in [2.05, 4.69) is 4.98 Å². The number of halogens is 1. The zero-order valence-corrected chi connectivity index (χ0v) is 11.4. The molecule has 0 bridgehead atoms. The van der Waals surface area contributed by atoms with Crippen molar-refractivity contribution < 1.29 is 9.13 Å². The fourth-order valence-electron chi connectivity index (χ4n) is 2.77. The second-order valence-electron chi connectivity index (χ2n) is 5.23. The molecule has 0 unspecified atom stereocenters. The molecule has 2 rings (SSSR count). The van der Waals surface area contributed by atoms with Gasteiger partial charge in [0, 0.05) is 18.2 Å². The first kappa shape index (κ1) is 14.0. The Bertz CT molecular complexity index is 561. The van der Waals surface area contributed by atoms with Crippen LogP contribution in [0.4, 0.5) is 4.39 Å². The summed E-state index contributed by atoms with van der Waals surface area (Å²) in [5.41, 5.74) is -1.82. The van der Waals surface area contributed by atoms with E-state index in [1.165, 1.54) is 16.8 Å². The van der Waals surface area contributed by atoms with Crippen molar-refractivity contribution in [3.63, 3.8) is 0 Å². The average Bonchev–Trinajstić information content (AvgIpc) is 2.64. The third-order valence-electron chi connectivity index (χ3n) is 4.37. The van der Waals surface area contributed by atoms with Crippen LogP contribution in [0.15, 0.2) is 21.9 Å². The van der Waals surface area contributed by atoms with Crippen LogP contribution < -0.4 is 11.2 Å². The molecule has 1 aromatic heterocycles. The number of aromatic amines is 1. The molecule has 6 heteroatoms. The molecule has 0 aromatic carbocycles. The lowest BCUT2D eigenvalue weighted by atomic mass is 9.82. The highest BCUT2D eigenvalue weighted by Crippen LogP contribution is 2.46. The number of H-pyrrole nitrogens is 1. The van der Waals surface area contributed by atoms with Gasteiger partial charge in [-0.2, -0.15) is 0 Å². The fraction of sp³-hybridized carbons (Fsp3) is 0.692. The smallest absolute Gasteiger partial charge is 0.330 e. The summed E-state index contributed by atoms with van der Waals surface area (Å²) in [7, 11) is 0. The predicted molar refractivity (Wildman–Crippen MR) is 68.8 cm³/mol. The van der Waals surface area contributed by atoms with E-state index in [1.807, 2.05) is 20.8 Å². The molecular weight excluding hydrogens is 251 g/mol. The Morgan fingerprint density at radius 3 is 2.63 bits per heavy atom. The molecule has 106 valence electrons. The highest BCUT2D eigenvalue weighted by atomic mass is 19.1. The quantitative estimate of drug-likeness (QED) is 0.904. The van der Waals surface area contributed by atoms with E-state index in [4.69, 9.17) is 4.74 Å². The number of rotatable bonds is 3. The van der Waals surface area contributed by atoms with Crippen LogP contribution in [-0.4, -0.2) is 21.8 Å². The molecule has 1 fully saturated rings. The third-order valence-corrected chi connectivity index (χ3v) is 4.37. The van der Waals surface area contributed by atoms with Crippen molar-refractivity contribution in [2.45, 2.75) is 39.0 Å². The van der Waals surface area contributed by atoms with Gasteiger partial charge in [-0.1, -0.05) is 20.8 Å². The number of aromatic nitrogens is 2. The van der Waals surface area contributed by atoms with Gasteiger partial charge in [0.05, 0.1) is 0 Å². The molecule has 0 radical (unpaired) electrons. The molecule has 2 heterocycles. The topological polar surface area (TPSA) is 64.1 Å². The maximum Gasteiger partial charge on any atom is 0.330 e. The number of ether oxygens (including phenoxy) is 1. The standard InChI is InChI=1S/C13H19FN2O3/c1-4-13(7-14)9(3)8(2)11(19-13)16-6-5-10(17)15-12(16)18/h5-6,8-9,11H,4,7H2,1-3H3,(H,15,17,18)/t8-,9-,11+,13-/m0/s1. The molecular formula is C13H19FN2O3. The summed E-state index contributed by atoms with van der Waals surface area (Å²) in [6.07, 6.45) is 1.40. The van der Waals surface area contributed by atoms with Crippen LogP contribution in [0.3, 0.4) is 0 Å². The van der Waals surface area contributed by atoms with Gasteiger partial charge in [0.1, 0.15) is 18.5 Å². The normalized spacial score (nSPS) is 34.6. The molecule has 4 atom stereocenters. The maximum atomic E-state index is 13.4. The van der Waals surface area contributed by atoms with E-state index in [-0.39, 0.29) is 11.8 Å². The van der Waals surface area contributed by atoms with E-state index >= 15 is 0 Å². The van der Waals surface area contributed by atoms with Crippen molar-refractivity contribution in [1.29, 1.82) is 0 Å². The zero-order valence-electron chi connectivity index (χ0n) is 11.4. The van der Waals surface area contributed by atoms with Crippen molar-refractivity contribution in [3.05, 3.63) is 33.1 Å². The Morgan fingerprint density at radius 1 is 1.47 bits per heavy atom. The van der Waals surface area contributed by atoms with E-state index in [9.17, 15) is 14.0 Å². The molecule has 5 nitrogen and oxygen atoms in total. The van der Waals surface area contributed by atoms with Gasteiger partial charge in [-0.25, -0.2) is 9.18 Å². The van der Waals surface area contributed by atoms with Crippen molar-refractivity contribution in [2.75, 3.05) is 6.67 Å². The third kappa shape index (κ3) is 2.14. The van der Waals surface area contributed by atoms with E-state index in [1.54, 1.807) is 0 Å². The summed E-state index contributed by atoms with van der Waals surface area (Å²) >= 11 is 0. The van der Waals surface area contributed by atoms with E-state index in [0.717, 1.165) is 0 Å². The second kappa shape index (κ2) is 4.92. The second-order valence-corrected chi connectivity index (χ2v) is 5.23. The lowest BCUT2D eigenvalue weighted by molar-refractivity contribution is -0.101. The SMILES string of the molecule is CC[C@@]1(CF)O[C@@H](n2ccc(=O)[nH]c2=O)[C@@H](C)[C@@H]1C. The minimum absolute atomic E-state index is 0.00803. The van der Waals surface area contributed by atoms with Crippen molar-refractivity contribution in [1.82, 2.24) is 9.55 Å². The summed E-state index contributed by atoms with van der Waals surface area (Å²) < 4.78 is 20.5. The van der Waals surface area contributed by atoms with E-state index in [0.29, 0.717) is 6.42 Å². The Morgan fingerprint density at radius 2 is 2.16 bits per heavy atom. The average molecular weight is 270 g/mol. The molecule has 0 saturated carbocycles. The van der Waals surface area contributed by atoms with Crippen molar-refractivity contribution in [2.24, 2.45) is 11.8 Å². The van der Waals surface area contributed by atoms with Crippen LogP contribution in [0.5, 0.6) is 0 Å². The Kier molecular flexibility index (Phi) is 3.62. The summed E-state index contributed by atoms with van der Waals surface area (Å²) in [5.74, 6) is -0.0226. The first-order valence-electron chi connectivity index (χ1n) is 6.50. The summed E-state index contributed by atoms with van der Waals surface area (Å²) in [6.45, 7) is 5.16. The molecule has 19 heavy (non-hydrogen) atoms. The monoisotopic (exact) mass is 270 g/mol. The summed E-state index contributed by atoms with van der Waals surface area (Å²) in [6, 6.07) is 1.27. The minimum Gasteiger partial charge on any atom is -0.348 e. The highest BCUT2D eigenvalue weighted by Gasteiger charge is 2.50. The van der Waals surface area contributed by atoms with Gasteiger partial charge in [-0.15, -0.1) is 0 Å². The predicted octanol–water partition coefficient (Wildman–Crippen LogP) is 1.46. The van der Waals surface area contributed by atoms with Gasteiger partial charge in [0.2, 0.25) is 0 Å². The minimum atomic E-state index is -0.848. The van der Waals surface area contributed by atoms with Gasteiger partial charge >= 0.3 is 5.69 Å². The van der Waals surface area contributed by atoms with E-state index < -0.39 is 29.8 Å². The highest BCUT2D eigenvalue weighted by molar-refractivity contribution is 4.97. The molecule has 1 aromatic rings. The molecule has 0 amide bonds. The van der Waals surface area contributed by atoms with Crippen molar-refractivity contribution >= 4 is 0 Å². The largest absolute Gasteiger partial charge is 0.348 e. The molecule has 1 N–H and O–H groups in total. The molecule has 1 saturated heterocycles. The van der Waals surface area contributed by atoms with Crippen LogP contribution in [0.1, 0.15) is 33.4 Å². The lowest BCUT2D eigenvalue weighted by Crippen LogP contribution is -2.37. The first-order valence-corrected chi connectivity index (χ1v) is 6.50. The van der Waals surface area contributed by atoms with Gasteiger partial charge in [-0.3, -0.25) is 14.3 Å². The van der Waals surface area contributed by atoms with Crippen LogP contribution in [0.2, 0.25) is 0 Å². The number of nitrogens with zero attached hydrogens (tertiary/aromatic N) is 1. The Labute approximate surface area is 110 Å². The molecule has 0 spiro atoms. The van der Waals surface area contributed by atoms with Gasteiger partial charge in [0.25, 0.3) is 5.56 Å². The number of hydrogen-bond acceptors (Lipinski definition) is 3. The van der Waals surface area contributed by atoms with Crippen LogP contribution in [0.25, 0.3) is 0 Å². The number of hydrogen-bond donors (Lipinski definition) is 1. The van der Waals surface area contributed by atoms with Crippen LogP contribution in [0, 0.1) is 11.8 Å². The van der Waals surface area contributed by atoms with Crippen molar-refractivity contribution in [3.8, 4) is 0 Å². The Hall–Kier alpha value is -1.43. The van der Waals surface area contributed by atoms with Crippen LogP contribution >= 0.6 is 0 Å². The zero-order chi connectivity index (χ0) is 14.2. The molecule has 1 aliphatic heterocycles. The summed E-state index contributed by atoms with van der Waals surface area (Å²) in [5, 5.41) is 0. The fourth-order valence-corrected chi connectivity index (χ4v) is 2.77. The van der Waals surface area contributed by atoms with Gasteiger partial charge in [0.15, 0.2) is 0 Å². The Balaban J connectivity index is 2.42. The van der Waals surface area contributed by atoms with Crippen LogP contribution in [-0.2, 0) is 4.74 Å². The molecule has 1 aliphatic rings. The van der Waals surface area contributed by atoms with Gasteiger partial charge < -0.3 is 4.74 Å². The number of nitrogens with one attached hydrogen (secondary N) is 1.